The number of hydrazone groups is 1. The first kappa shape index (κ1) is 19.2. The predicted molar refractivity (Wildman–Crippen MR) is 87.3 cm³/mol. The Kier molecular flexibility index (Phi) is 5.82. The van der Waals surface area contributed by atoms with Crippen molar-refractivity contribution in [2.75, 3.05) is 0 Å². The molecule has 0 unspecified atom stereocenters. The number of nitrogens with zero attached hydrogens (tertiary/aromatic N) is 2. The van der Waals surface area contributed by atoms with Crippen molar-refractivity contribution in [3.05, 3.63) is 62.3 Å². The normalized spacial score (nSPS) is 11.9. The van der Waals surface area contributed by atoms with Crippen molar-refractivity contribution < 1.29 is 27.7 Å². The standard InChI is InChI=1S/C15H10F3N3O4S/c16-15(17,18)13(8-11(22)12-6-3-7-26-12)19-20-14(23)9-4-1-2-5-10(9)21(24)25/h1-7H,8H2,(H,20,23)/b19-13+. The highest BCUT2D eigenvalue weighted by Gasteiger charge is 2.37. The number of carbonyl (C=O) groups is 2. The molecule has 1 amide bonds. The number of nitrogens with one attached hydrogen (secondary N) is 1. The number of carbonyl (C=O) groups excluding carboxylic acids is 2. The number of halogens is 3. The van der Waals surface area contributed by atoms with Gasteiger partial charge in [-0.1, -0.05) is 18.2 Å². The summed E-state index contributed by atoms with van der Waals surface area (Å²) in [6.07, 6.45) is -6.02. The van der Waals surface area contributed by atoms with Gasteiger partial charge in [0.25, 0.3) is 11.6 Å². The summed E-state index contributed by atoms with van der Waals surface area (Å²) in [5, 5.41) is 15.4. The number of para-hydroxylation sites is 1. The van der Waals surface area contributed by atoms with Crippen LogP contribution in [0.25, 0.3) is 0 Å². The zero-order chi connectivity index (χ0) is 19.3. The van der Waals surface area contributed by atoms with Crippen LogP contribution >= 0.6 is 11.3 Å². The van der Waals surface area contributed by atoms with E-state index in [2.05, 4.69) is 5.10 Å². The number of thiophene rings is 1. The van der Waals surface area contributed by atoms with Crippen molar-refractivity contribution in [3.63, 3.8) is 0 Å². The molecule has 0 bridgehead atoms. The Bertz CT molecular complexity index is 863. The Morgan fingerprint density at radius 1 is 1.19 bits per heavy atom. The van der Waals surface area contributed by atoms with Crippen LogP contribution in [0.3, 0.4) is 0 Å². The van der Waals surface area contributed by atoms with Crippen molar-refractivity contribution in [2.24, 2.45) is 5.10 Å². The van der Waals surface area contributed by atoms with Gasteiger partial charge in [-0.15, -0.1) is 11.3 Å². The summed E-state index contributed by atoms with van der Waals surface area (Å²) in [6, 6.07) is 7.61. The first-order valence-electron chi connectivity index (χ1n) is 6.94. The van der Waals surface area contributed by atoms with E-state index in [1.807, 2.05) is 0 Å². The topological polar surface area (TPSA) is 102 Å². The zero-order valence-electron chi connectivity index (χ0n) is 12.8. The third kappa shape index (κ3) is 4.72. The number of nitro benzene ring substituents is 1. The predicted octanol–water partition coefficient (Wildman–Crippen LogP) is 3.58. The van der Waals surface area contributed by atoms with Gasteiger partial charge in [-0.25, -0.2) is 5.43 Å². The van der Waals surface area contributed by atoms with Gasteiger partial charge < -0.3 is 0 Å². The van der Waals surface area contributed by atoms with E-state index in [-0.39, 0.29) is 4.88 Å². The van der Waals surface area contributed by atoms with Crippen LogP contribution in [-0.4, -0.2) is 28.5 Å². The molecule has 7 nitrogen and oxygen atoms in total. The monoisotopic (exact) mass is 385 g/mol. The molecule has 0 aliphatic rings. The molecule has 0 radical (unpaired) electrons. The number of alkyl halides is 3. The number of ketones is 1. The number of Topliss-reactive ketones (excluding diaryl/α,β-unsaturated/α-hetero) is 1. The lowest BCUT2D eigenvalue weighted by Crippen LogP contribution is -2.30. The van der Waals surface area contributed by atoms with E-state index in [1.54, 1.807) is 5.43 Å². The maximum absolute atomic E-state index is 13.0. The van der Waals surface area contributed by atoms with E-state index >= 15 is 0 Å². The fourth-order valence-electron chi connectivity index (χ4n) is 1.88. The third-order valence-electron chi connectivity index (χ3n) is 3.09. The zero-order valence-corrected chi connectivity index (χ0v) is 13.6. The van der Waals surface area contributed by atoms with Crippen molar-refractivity contribution in [3.8, 4) is 0 Å². The van der Waals surface area contributed by atoms with E-state index < -0.39 is 46.2 Å². The first-order chi connectivity index (χ1) is 12.2. The largest absolute Gasteiger partial charge is 0.431 e. The van der Waals surface area contributed by atoms with Gasteiger partial charge in [-0.3, -0.25) is 19.7 Å². The second-order valence-electron chi connectivity index (χ2n) is 4.85. The molecule has 0 spiro atoms. The van der Waals surface area contributed by atoms with E-state index in [0.29, 0.717) is 0 Å². The average molecular weight is 385 g/mol. The fourth-order valence-corrected chi connectivity index (χ4v) is 2.55. The fraction of sp³-hybridized carbons (Fsp3) is 0.133. The Morgan fingerprint density at radius 2 is 1.88 bits per heavy atom. The Labute approximate surface area is 148 Å². The lowest BCUT2D eigenvalue weighted by molar-refractivity contribution is -0.385. The molecule has 0 fully saturated rings. The molecule has 26 heavy (non-hydrogen) atoms. The van der Waals surface area contributed by atoms with Crippen molar-refractivity contribution in [1.29, 1.82) is 0 Å². The Morgan fingerprint density at radius 3 is 2.46 bits per heavy atom. The van der Waals surface area contributed by atoms with Crippen LogP contribution in [0.4, 0.5) is 18.9 Å². The summed E-state index contributed by atoms with van der Waals surface area (Å²) in [4.78, 5) is 33.9. The smallest absolute Gasteiger partial charge is 0.293 e. The molecule has 0 aliphatic carbocycles. The number of nitro groups is 1. The second-order valence-corrected chi connectivity index (χ2v) is 5.80. The van der Waals surface area contributed by atoms with Crippen LogP contribution in [0.2, 0.25) is 0 Å². The van der Waals surface area contributed by atoms with Gasteiger partial charge in [0.2, 0.25) is 0 Å². The molecule has 0 saturated heterocycles. The van der Waals surface area contributed by atoms with Gasteiger partial charge in [-0.2, -0.15) is 18.3 Å². The van der Waals surface area contributed by atoms with Crippen LogP contribution in [0.15, 0.2) is 46.9 Å². The van der Waals surface area contributed by atoms with Crippen LogP contribution in [0.5, 0.6) is 0 Å². The van der Waals surface area contributed by atoms with E-state index in [0.717, 1.165) is 23.5 Å². The van der Waals surface area contributed by atoms with Gasteiger partial charge in [0.1, 0.15) is 11.3 Å². The highest BCUT2D eigenvalue weighted by Crippen LogP contribution is 2.22. The molecular formula is C15H10F3N3O4S. The minimum atomic E-state index is -4.96. The average Bonchev–Trinajstić information content (AvgIpc) is 3.11. The van der Waals surface area contributed by atoms with Gasteiger partial charge in [0.05, 0.1) is 16.2 Å². The Balaban J connectivity index is 2.22. The quantitative estimate of drug-likeness (QED) is 0.355. The maximum Gasteiger partial charge on any atom is 0.431 e. The minimum Gasteiger partial charge on any atom is -0.293 e. The molecule has 1 N–H and O–H groups in total. The lowest BCUT2D eigenvalue weighted by Gasteiger charge is -2.10. The summed E-state index contributed by atoms with van der Waals surface area (Å²) in [7, 11) is 0. The molecule has 0 saturated carbocycles. The molecule has 0 atom stereocenters. The summed E-state index contributed by atoms with van der Waals surface area (Å²) < 4.78 is 39.1. The number of hydrogen-bond acceptors (Lipinski definition) is 6. The molecule has 0 aliphatic heterocycles. The molecule has 136 valence electrons. The molecule has 1 aromatic heterocycles. The highest BCUT2D eigenvalue weighted by molar-refractivity contribution is 7.12. The van der Waals surface area contributed by atoms with E-state index in [1.165, 1.54) is 29.6 Å². The number of hydrogen-bond donors (Lipinski definition) is 1. The summed E-state index contributed by atoms with van der Waals surface area (Å²) >= 11 is 0.976. The van der Waals surface area contributed by atoms with Gasteiger partial charge in [0.15, 0.2) is 5.78 Å². The SMILES string of the molecule is O=C(C/C(=N\NC(=O)c1ccccc1[N+](=O)[O-])C(F)(F)F)c1cccs1. The van der Waals surface area contributed by atoms with Crippen LogP contribution < -0.4 is 5.43 Å². The van der Waals surface area contributed by atoms with Gasteiger partial charge in [-0.05, 0) is 17.5 Å². The van der Waals surface area contributed by atoms with E-state index in [9.17, 15) is 32.9 Å². The van der Waals surface area contributed by atoms with Crippen LogP contribution in [-0.2, 0) is 0 Å². The molecule has 2 aromatic rings. The third-order valence-corrected chi connectivity index (χ3v) is 4.00. The highest BCUT2D eigenvalue weighted by atomic mass is 32.1. The molecule has 11 heteroatoms. The lowest BCUT2D eigenvalue weighted by atomic mass is 10.1. The van der Waals surface area contributed by atoms with Crippen LogP contribution in [0.1, 0.15) is 26.5 Å². The maximum atomic E-state index is 13.0. The van der Waals surface area contributed by atoms with E-state index in [4.69, 9.17) is 0 Å². The van der Waals surface area contributed by atoms with Crippen molar-refractivity contribution in [1.82, 2.24) is 5.43 Å². The Hall–Kier alpha value is -3.08. The van der Waals surface area contributed by atoms with Gasteiger partial charge >= 0.3 is 6.18 Å². The summed E-state index contributed by atoms with van der Waals surface area (Å²) in [5.41, 5.74) is -0.916. The van der Waals surface area contributed by atoms with Crippen LogP contribution in [0, 0.1) is 10.1 Å². The van der Waals surface area contributed by atoms with Crippen molar-refractivity contribution >= 4 is 34.4 Å². The molecule has 2 rings (SSSR count). The van der Waals surface area contributed by atoms with Crippen molar-refractivity contribution in [2.45, 2.75) is 12.6 Å². The second kappa shape index (κ2) is 7.87. The minimum absolute atomic E-state index is 0.118. The summed E-state index contributed by atoms with van der Waals surface area (Å²) in [6.45, 7) is 0. The number of amides is 1. The first-order valence-corrected chi connectivity index (χ1v) is 7.82. The summed E-state index contributed by atoms with van der Waals surface area (Å²) in [5.74, 6) is -2.00. The molecular weight excluding hydrogens is 375 g/mol. The number of benzene rings is 1. The molecule has 1 aromatic carbocycles. The molecule has 1 heterocycles. The van der Waals surface area contributed by atoms with Gasteiger partial charge in [0, 0.05) is 6.07 Å². The number of rotatable bonds is 6.